The van der Waals surface area contributed by atoms with Gasteiger partial charge in [0.2, 0.25) is 0 Å². The fourth-order valence-corrected chi connectivity index (χ4v) is 3.55. The quantitative estimate of drug-likeness (QED) is 0.745. The predicted octanol–water partition coefficient (Wildman–Crippen LogP) is 4.06. The fourth-order valence-electron chi connectivity index (χ4n) is 2.61. The predicted molar refractivity (Wildman–Crippen MR) is 82.4 cm³/mol. The molecule has 1 fully saturated rings. The summed E-state index contributed by atoms with van der Waals surface area (Å²) in [6.07, 6.45) is 7.70. The van der Waals surface area contributed by atoms with Gasteiger partial charge >= 0.3 is 0 Å². The van der Waals surface area contributed by atoms with Crippen LogP contribution in [0.2, 0.25) is 0 Å². The highest BCUT2D eigenvalue weighted by atomic mass is 32.2. The molecule has 1 N–H and O–H groups in total. The molecule has 18 heavy (non-hydrogen) atoms. The van der Waals surface area contributed by atoms with Gasteiger partial charge in [-0.1, -0.05) is 43.7 Å². The molecule has 1 aromatic carbocycles. The van der Waals surface area contributed by atoms with Gasteiger partial charge in [-0.25, -0.2) is 0 Å². The maximum Gasteiger partial charge on any atom is 0.0281 e. The highest BCUT2D eigenvalue weighted by molar-refractivity contribution is 8.00. The van der Waals surface area contributed by atoms with Crippen molar-refractivity contribution >= 4 is 11.8 Å². The van der Waals surface area contributed by atoms with Gasteiger partial charge in [-0.3, -0.25) is 0 Å². The summed E-state index contributed by atoms with van der Waals surface area (Å²) < 4.78 is 0.565. The molecular formula is C16H25NS. The van der Waals surface area contributed by atoms with Gasteiger partial charge in [0.05, 0.1) is 0 Å². The average molecular weight is 263 g/mol. The van der Waals surface area contributed by atoms with Gasteiger partial charge in [-0.2, -0.15) is 11.8 Å². The summed E-state index contributed by atoms with van der Waals surface area (Å²) in [5, 5.41) is 3.66. The Kier molecular flexibility index (Phi) is 5.13. The van der Waals surface area contributed by atoms with Crippen LogP contribution in [0, 0.1) is 0 Å². The minimum atomic E-state index is 0.565. The maximum absolute atomic E-state index is 3.66. The molecule has 1 aliphatic carbocycles. The molecule has 1 aromatic rings. The second-order valence-electron chi connectivity index (χ2n) is 5.52. The Morgan fingerprint density at radius 3 is 2.56 bits per heavy atom. The van der Waals surface area contributed by atoms with Gasteiger partial charge < -0.3 is 5.32 Å². The first-order valence-electron chi connectivity index (χ1n) is 7.07. The molecule has 1 aliphatic rings. The van der Waals surface area contributed by atoms with E-state index in [9.17, 15) is 0 Å². The van der Waals surface area contributed by atoms with Gasteiger partial charge in [0.25, 0.3) is 0 Å². The fraction of sp³-hybridized carbons (Fsp3) is 0.625. The van der Waals surface area contributed by atoms with E-state index in [2.05, 4.69) is 60.6 Å². The number of thioether (sulfide) groups is 1. The van der Waals surface area contributed by atoms with Crippen LogP contribution in [0.1, 0.15) is 44.1 Å². The van der Waals surface area contributed by atoms with Crippen molar-refractivity contribution < 1.29 is 0 Å². The molecule has 0 amide bonds. The highest BCUT2D eigenvalue weighted by Crippen LogP contribution is 2.42. The Labute approximate surface area is 116 Å². The van der Waals surface area contributed by atoms with Crippen molar-refractivity contribution in [2.75, 3.05) is 19.3 Å². The summed E-state index contributed by atoms with van der Waals surface area (Å²) in [5.41, 5.74) is 1.46. The van der Waals surface area contributed by atoms with Crippen LogP contribution < -0.4 is 5.32 Å². The number of hydrogen-bond donors (Lipinski definition) is 1. The largest absolute Gasteiger partial charge is 0.315 e. The molecule has 1 atom stereocenters. The molecule has 100 valence electrons. The van der Waals surface area contributed by atoms with Crippen LogP contribution in [0.5, 0.6) is 0 Å². The third kappa shape index (κ3) is 3.52. The van der Waals surface area contributed by atoms with Crippen molar-refractivity contribution in [2.24, 2.45) is 0 Å². The molecule has 2 rings (SSSR count). The number of hydrogen-bond acceptors (Lipinski definition) is 2. The standard InChI is InChI=1S/C16H25NS/c1-14(15-7-4-3-5-8-15)9-12-17-13-16(18-2)10-6-11-16/h3-5,7-8,14,17H,6,9-13H2,1-2H3. The van der Waals surface area contributed by atoms with E-state index < -0.39 is 0 Å². The minimum Gasteiger partial charge on any atom is -0.315 e. The Bertz CT molecular complexity index is 340. The topological polar surface area (TPSA) is 12.0 Å². The molecule has 0 aliphatic heterocycles. The normalized spacial score (nSPS) is 19.2. The molecule has 1 unspecified atom stereocenters. The lowest BCUT2D eigenvalue weighted by atomic mass is 9.84. The summed E-state index contributed by atoms with van der Waals surface area (Å²) in [6.45, 7) is 4.65. The molecule has 0 heterocycles. The lowest BCUT2D eigenvalue weighted by Crippen LogP contribution is -2.43. The van der Waals surface area contributed by atoms with Crippen molar-refractivity contribution in [1.82, 2.24) is 5.32 Å². The Morgan fingerprint density at radius 2 is 2.00 bits per heavy atom. The zero-order chi connectivity index (χ0) is 12.8. The van der Waals surface area contributed by atoms with E-state index in [1.54, 1.807) is 0 Å². The van der Waals surface area contributed by atoms with Gasteiger partial charge in [0.15, 0.2) is 0 Å². The van der Waals surface area contributed by atoms with Crippen molar-refractivity contribution in [2.45, 2.75) is 43.3 Å². The van der Waals surface area contributed by atoms with E-state index in [0.29, 0.717) is 10.7 Å². The van der Waals surface area contributed by atoms with Crippen LogP contribution in [-0.2, 0) is 0 Å². The highest BCUT2D eigenvalue weighted by Gasteiger charge is 2.35. The molecule has 0 spiro atoms. The number of nitrogens with one attached hydrogen (secondary N) is 1. The van der Waals surface area contributed by atoms with E-state index in [1.165, 1.54) is 37.8 Å². The Hall–Kier alpha value is -0.470. The van der Waals surface area contributed by atoms with Gasteiger partial charge in [0.1, 0.15) is 0 Å². The van der Waals surface area contributed by atoms with Crippen LogP contribution in [-0.4, -0.2) is 24.1 Å². The summed E-state index contributed by atoms with van der Waals surface area (Å²) in [6, 6.07) is 10.8. The molecule has 1 saturated carbocycles. The van der Waals surface area contributed by atoms with Crippen LogP contribution in [0.25, 0.3) is 0 Å². The number of benzene rings is 1. The molecular weight excluding hydrogens is 238 g/mol. The summed E-state index contributed by atoms with van der Waals surface area (Å²) in [7, 11) is 0. The monoisotopic (exact) mass is 263 g/mol. The van der Waals surface area contributed by atoms with Crippen LogP contribution in [0.3, 0.4) is 0 Å². The van der Waals surface area contributed by atoms with E-state index in [1.807, 2.05) is 0 Å². The van der Waals surface area contributed by atoms with E-state index in [0.717, 1.165) is 6.54 Å². The van der Waals surface area contributed by atoms with E-state index in [-0.39, 0.29) is 0 Å². The van der Waals surface area contributed by atoms with Gasteiger partial charge in [-0.05, 0) is 43.5 Å². The lowest BCUT2D eigenvalue weighted by molar-refractivity contribution is 0.344. The molecule has 0 bridgehead atoms. The first kappa shape index (κ1) is 14.0. The zero-order valence-corrected chi connectivity index (χ0v) is 12.4. The molecule has 2 heteroatoms. The second-order valence-corrected chi connectivity index (χ2v) is 6.79. The zero-order valence-electron chi connectivity index (χ0n) is 11.6. The smallest absolute Gasteiger partial charge is 0.0281 e. The third-order valence-corrected chi connectivity index (χ3v) is 5.69. The van der Waals surface area contributed by atoms with E-state index >= 15 is 0 Å². The van der Waals surface area contributed by atoms with Crippen molar-refractivity contribution in [3.8, 4) is 0 Å². The van der Waals surface area contributed by atoms with E-state index in [4.69, 9.17) is 0 Å². The SMILES string of the molecule is CSC1(CNCCC(C)c2ccccc2)CCC1. The number of rotatable bonds is 7. The first-order valence-corrected chi connectivity index (χ1v) is 8.29. The summed E-state index contributed by atoms with van der Waals surface area (Å²) in [5.74, 6) is 0.658. The summed E-state index contributed by atoms with van der Waals surface area (Å²) >= 11 is 2.05. The van der Waals surface area contributed by atoms with Crippen molar-refractivity contribution in [3.05, 3.63) is 35.9 Å². The maximum atomic E-state index is 3.66. The lowest BCUT2D eigenvalue weighted by Gasteiger charge is -2.40. The molecule has 1 nitrogen and oxygen atoms in total. The summed E-state index contributed by atoms with van der Waals surface area (Å²) in [4.78, 5) is 0. The average Bonchev–Trinajstić information content (AvgIpc) is 2.38. The molecule has 0 saturated heterocycles. The Morgan fingerprint density at radius 1 is 1.28 bits per heavy atom. The first-order chi connectivity index (χ1) is 8.76. The molecule has 0 aromatic heterocycles. The van der Waals surface area contributed by atoms with Gasteiger partial charge in [-0.15, -0.1) is 0 Å². The van der Waals surface area contributed by atoms with Gasteiger partial charge in [0, 0.05) is 11.3 Å². The minimum absolute atomic E-state index is 0.565. The van der Waals surface area contributed by atoms with Crippen molar-refractivity contribution in [1.29, 1.82) is 0 Å². The van der Waals surface area contributed by atoms with Crippen molar-refractivity contribution in [3.63, 3.8) is 0 Å². The van der Waals surface area contributed by atoms with Crippen LogP contribution in [0.15, 0.2) is 30.3 Å². The molecule has 0 radical (unpaired) electrons. The van der Waals surface area contributed by atoms with Crippen LogP contribution in [0.4, 0.5) is 0 Å². The second kappa shape index (κ2) is 6.63. The third-order valence-electron chi connectivity index (χ3n) is 4.27. The Balaban J connectivity index is 1.66. The van der Waals surface area contributed by atoms with Crippen LogP contribution >= 0.6 is 11.8 Å².